The van der Waals surface area contributed by atoms with Crippen LogP contribution in [0.2, 0.25) is 0 Å². The summed E-state index contributed by atoms with van der Waals surface area (Å²) in [4.78, 5) is 0. The number of para-hydroxylation sites is 2. The summed E-state index contributed by atoms with van der Waals surface area (Å²) in [6.45, 7) is 0. The largest absolute Gasteiger partial charge is 0.313 e. The fraction of sp³-hybridized carbons (Fsp3) is 0.200. The van der Waals surface area contributed by atoms with Crippen LogP contribution >= 0.6 is 0 Å². The topological polar surface area (TPSA) is 4.93 Å². The minimum absolute atomic E-state index is 0.714. The molecule has 1 aromatic heterocycles. The fourth-order valence-corrected chi connectivity index (χ4v) is 3.89. The van der Waals surface area contributed by atoms with Crippen LogP contribution in [-0.2, 0) is 6.42 Å². The van der Waals surface area contributed by atoms with Crippen molar-refractivity contribution in [2.24, 2.45) is 5.92 Å². The minimum atomic E-state index is 0.714. The zero-order valence-electron chi connectivity index (χ0n) is 11.9. The Morgan fingerprint density at radius 3 is 2.62 bits per heavy atom. The molecule has 0 radical (unpaired) electrons. The van der Waals surface area contributed by atoms with Crippen LogP contribution in [0.5, 0.6) is 0 Å². The first-order valence-electron chi connectivity index (χ1n) is 7.78. The van der Waals surface area contributed by atoms with Crippen molar-refractivity contribution in [2.45, 2.75) is 18.8 Å². The second-order valence-electron chi connectivity index (χ2n) is 6.19. The summed E-state index contributed by atoms with van der Waals surface area (Å²) in [5.74, 6) is 1.48. The third-order valence-electron chi connectivity index (χ3n) is 4.93. The number of benzene rings is 2. The number of nitrogens with zero attached hydrogens (tertiary/aromatic N) is 1. The summed E-state index contributed by atoms with van der Waals surface area (Å²) in [6, 6.07) is 19.7. The monoisotopic (exact) mass is 271 g/mol. The highest BCUT2D eigenvalue weighted by atomic mass is 15.0. The van der Waals surface area contributed by atoms with Crippen molar-refractivity contribution in [3.63, 3.8) is 0 Å². The predicted octanol–water partition coefficient (Wildman–Crippen LogP) is 4.85. The van der Waals surface area contributed by atoms with Crippen LogP contribution in [0, 0.1) is 5.92 Å². The first-order valence-corrected chi connectivity index (χ1v) is 7.78. The zero-order chi connectivity index (χ0) is 13.8. The Hall–Kier alpha value is -2.28. The molecule has 0 spiro atoms. The van der Waals surface area contributed by atoms with E-state index in [1.54, 1.807) is 5.69 Å². The van der Waals surface area contributed by atoms with E-state index in [-0.39, 0.29) is 0 Å². The summed E-state index contributed by atoms with van der Waals surface area (Å²) >= 11 is 0. The minimum Gasteiger partial charge on any atom is -0.313 e. The summed E-state index contributed by atoms with van der Waals surface area (Å²) < 4.78 is 2.50. The van der Waals surface area contributed by atoms with E-state index in [2.05, 4.69) is 71.3 Å². The van der Waals surface area contributed by atoms with E-state index in [1.807, 2.05) is 0 Å². The van der Waals surface area contributed by atoms with Gasteiger partial charge in [0.25, 0.3) is 0 Å². The van der Waals surface area contributed by atoms with Gasteiger partial charge in [-0.05, 0) is 42.5 Å². The van der Waals surface area contributed by atoms with Crippen LogP contribution in [0.3, 0.4) is 0 Å². The smallest absolute Gasteiger partial charge is 0.0534 e. The molecule has 0 saturated heterocycles. The van der Waals surface area contributed by atoms with E-state index in [9.17, 15) is 0 Å². The lowest BCUT2D eigenvalue weighted by atomic mass is 10.1. The van der Waals surface area contributed by atoms with Gasteiger partial charge >= 0.3 is 0 Å². The Bertz CT molecular complexity index is 854. The summed E-state index contributed by atoms with van der Waals surface area (Å²) in [5.41, 5.74) is 5.74. The van der Waals surface area contributed by atoms with Gasteiger partial charge in [-0.1, -0.05) is 48.6 Å². The van der Waals surface area contributed by atoms with Crippen molar-refractivity contribution in [2.75, 3.05) is 0 Å². The molecule has 2 aromatic carbocycles. The maximum atomic E-state index is 2.50. The number of rotatable bonds is 1. The molecule has 0 amide bonds. The van der Waals surface area contributed by atoms with Gasteiger partial charge in [0.15, 0.2) is 0 Å². The molecule has 1 saturated carbocycles. The third-order valence-corrected chi connectivity index (χ3v) is 4.93. The van der Waals surface area contributed by atoms with Crippen LogP contribution in [0.4, 0.5) is 0 Å². The first kappa shape index (κ1) is 11.4. The molecule has 1 heterocycles. The van der Waals surface area contributed by atoms with E-state index in [4.69, 9.17) is 0 Å². The Kier molecular flexibility index (Phi) is 2.23. The molecule has 102 valence electrons. The molecule has 1 nitrogen and oxygen atoms in total. The third kappa shape index (κ3) is 1.58. The SMILES string of the molecule is C1=CC2CC2c2c(c3ccccc3n2-c2ccccc2)C1. The predicted molar refractivity (Wildman–Crippen MR) is 87.0 cm³/mol. The highest BCUT2D eigenvalue weighted by Gasteiger charge is 2.41. The Morgan fingerprint density at radius 2 is 1.71 bits per heavy atom. The molecule has 5 rings (SSSR count). The van der Waals surface area contributed by atoms with Gasteiger partial charge in [0.2, 0.25) is 0 Å². The standard InChI is InChI=1S/C20H17N/c1-2-8-15(9-3-1)21-19-12-5-4-10-16(19)17-11-6-7-14-13-18(14)20(17)21/h1-10,12,14,18H,11,13H2. The van der Waals surface area contributed by atoms with Gasteiger partial charge in [0.1, 0.15) is 0 Å². The number of aromatic nitrogens is 1. The molecule has 0 aliphatic heterocycles. The molecule has 1 heteroatoms. The van der Waals surface area contributed by atoms with E-state index in [1.165, 1.54) is 28.6 Å². The van der Waals surface area contributed by atoms with Crippen molar-refractivity contribution in [3.8, 4) is 5.69 Å². The summed E-state index contributed by atoms with van der Waals surface area (Å²) in [6.07, 6.45) is 7.18. The number of hydrogen-bond donors (Lipinski definition) is 0. The molecular formula is C20H17N. The molecule has 2 aliphatic carbocycles. The maximum Gasteiger partial charge on any atom is 0.0534 e. The van der Waals surface area contributed by atoms with Crippen LogP contribution < -0.4 is 0 Å². The van der Waals surface area contributed by atoms with E-state index in [0.29, 0.717) is 5.92 Å². The molecule has 0 N–H and O–H groups in total. The van der Waals surface area contributed by atoms with Gasteiger partial charge in [-0.3, -0.25) is 0 Å². The maximum absolute atomic E-state index is 2.50. The van der Waals surface area contributed by atoms with Crippen molar-refractivity contribution >= 4 is 10.9 Å². The van der Waals surface area contributed by atoms with Crippen molar-refractivity contribution in [3.05, 3.63) is 78.0 Å². The normalized spacial score (nSPS) is 22.7. The second kappa shape index (κ2) is 4.11. The van der Waals surface area contributed by atoms with Crippen LogP contribution in [-0.4, -0.2) is 4.57 Å². The lowest BCUT2D eigenvalue weighted by Gasteiger charge is -2.11. The second-order valence-corrected chi connectivity index (χ2v) is 6.19. The highest BCUT2D eigenvalue weighted by Crippen LogP contribution is 2.53. The van der Waals surface area contributed by atoms with Gasteiger partial charge < -0.3 is 4.57 Å². The molecule has 3 aromatic rings. The highest BCUT2D eigenvalue weighted by molar-refractivity contribution is 5.88. The summed E-state index contributed by atoms with van der Waals surface area (Å²) in [7, 11) is 0. The van der Waals surface area contributed by atoms with E-state index < -0.39 is 0 Å². The molecule has 2 atom stereocenters. The van der Waals surface area contributed by atoms with Crippen LogP contribution in [0.25, 0.3) is 16.6 Å². The van der Waals surface area contributed by atoms with E-state index >= 15 is 0 Å². The molecule has 2 aliphatic rings. The Morgan fingerprint density at radius 1 is 0.905 bits per heavy atom. The van der Waals surface area contributed by atoms with Crippen molar-refractivity contribution < 1.29 is 0 Å². The molecule has 0 bridgehead atoms. The molecule has 1 fully saturated rings. The molecule has 21 heavy (non-hydrogen) atoms. The van der Waals surface area contributed by atoms with Gasteiger partial charge in [0.05, 0.1) is 5.52 Å². The number of fused-ring (bicyclic) bond motifs is 5. The van der Waals surface area contributed by atoms with Crippen molar-refractivity contribution in [1.29, 1.82) is 0 Å². The average Bonchev–Trinajstić information content (AvgIpc) is 3.25. The lowest BCUT2D eigenvalue weighted by Crippen LogP contribution is -2.00. The number of allylic oxidation sites excluding steroid dienone is 2. The Labute approximate surface area is 124 Å². The van der Waals surface area contributed by atoms with Gasteiger partial charge in [-0.15, -0.1) is 0 Å². The van der Waals surface area contributed by atoms with Gasteiger partial charge in [-0.25, -0.2) is 0 Å². The average molecular weight is 271 g/mol. The molecule has 2 unspecified atom stereocenters. The quantitative estimate of drug-likeness (QED) is 0.558. The van der Waals surface area contributed by atoms with Gasteiger partial charge in [-0.2, -0.15) is 0 Å². The van der Waals surface area contributed by atoms with Crippen LogP contribution in [0.1, 0.15) is 23.6 Å². The zero-order valence-corrected chi connectivity index (χ0v) is 11.9. The summed E-state index contributed by atoms with van der Waals surface area (Å²) in [5, 5.41) is 1.42. The fourth-order valence-electron chi connectivity index (χ4n) is 3.89. The van der Waals surface area contributed by atoms with Gasteiger partial charge in [0, 0.05) is 22.7 Å². The lowest BCUT2D eigenvalue weighted by molar-refractivity contribution is 0.902. The molecular weight excluding hydrogens is 254 g/mol. The first-order chi connectivity index (χ1) is 10.4. The van der Waals surface area contributed by atoms with Crippen molar-refractivity contribution in [1.82, 2.24) is 4.57 Å². The van der Waals surface area contributed by atoms with E-state index in [0.717, 1.165) is 12.3 Å². The van der Waals surface area contributed by atoms with Crippen LogP contribution in [0.15, 0.2) is 66.7 Å². The number of hydrogen-bond acceptors (Lipinski definition) is 0. The Balaban J connectivity index is 1.90.